The number of anilines is 2. The van der Waals surface area contributed by atoms with Crippen molar-refractivity contribution in [2.75, 3.05) is 24.0 Å². The van der Waals surface area contributed by atoms with Crippen molar-refractivity contribution in [3.05, 3.63) is 54.6 Å². The van der Waals surface area contributed by atoms with Crippen molar-refractivity contribution >= 4 is 40.7 Å². The van der Waals surface area contributed by atoms with Gasteiger partial charge in [-0.2, -0.15) is 0 Å². The Morgan fingerprint density at radius 3 is 2.47 bits per heavy atom. The molecule has 4 rings (SSSR count). The lowest BCUT2D eigenvalue weighted by atomic mass is 9.78. The number of hydrogen-bond donors (Lipinski definition) is 2. The molecule has 34 heavy (non-hydrogen) atoms. The van der Waals surface area contributed by atoms with Crippen molar-refractivity contribution in [1.29, 1.82) is 0 Å². The summed E-state index contributed by atoms with van der Waals surface area (Å²) in [6.45, 7) is 0.296. The average Bonchev–Trinajstić information content (AvgIpc) is 3.11. The summed E-state index contributed by atoms with van der Waals surface area (Å²) in [5, 5.41) is 12.4. The molecule has 2 aromatic rings. The molecule has 1 fully saturated rings. The zero-order valence-corrected chi connectivity index (χ0v) is 20.8. The van der Waals surface area contributed by atoms with E-state index in [4.69, 9.17) is 27.9 Å². The Bertz CT molecular complexity index is 1200. The maximum atomic E-state index is 12.8. The van der Waals surface area contributed by atoms with E-state index in [1.54, 1.807) is 31.1 Å². The van der Waals surface area contributed by atoms with Crippen LogP contribution in [0.2, 0.25) is 10.0 Å². The molecule has 184 valence electrons. The Hall–Kier alpha value is -2.49. The number of esters is 1. The summed E-state index contributed by atoms with van der Waals surface area (Å²) in [5.41, 5.74) is 0.0817. The number of aliphatic hydroxyl groups is 1. The first kappa shape index (κ1) is 24.6. The number of hydrogen-bond acceptors (Lipinski definition) is 7. The fourth-order valence-electron chi connectivity index (χ4n) is 5.23. The first-order chi connectivity index (χ1) is 16.1. The van der Waals surface area contributed by atoms with Crippen molar-refractivity contribution in [1.82, 2.24) is 9.55 Å². The van der Waals surface area contributed by atoms with E-state index in [9.17, 15) is 19.5 Å². The standard InChI is InChI=1S/C23H28Cl2N4O5/c1-27-17-19(31)26-23(33)28(2)20(17)29(11-12-4-9-15(24)16(25)10-12)21(27)18(30)13-5-7-14(8-6-13)22(32)34-3/h4,9-10,13-14,18,21,30H,5-8,11H2,1-3H3,(H,26,31,33). The molecule has 0 bridgehead atoms. The molecule has 0 radical (unpaired) electrons. The molecule has 1 saturated carbocycles. The zero-order chi connectivity index (χ0) is 24.7. The summed E-state index contributed by atoms with van der Waals surface area (Å²) in [5.74, 6) is -0.0475. The molecule has 1 aromatic carbocycles. The van der Waals surface area contributed by atoms with Gasteiger partial charge >= 0.3 is 11.7 Å². The smallest absolute Gasteiger partial charge is 0.329 e. The number of methoxy groups -OCH3 is 1. The molecular formula is C23H28Cl2N4O5. The predicted molar refractivity (Wildman–Crippen MR) is 131 cm³/mol. The van der Waals surface area contributed by atoms with Gasteiger partial charge in [0.05, 0.1) is 29.2 Å². The number of likely N-dealkylation sites (N-methyl/N-ethyl adjacent to an activating group) is 1. The Balaban J connectivity index is 1.70. The van der Waals surface area contributed by atoms with Gasteiger partial charge in [-0.25, -0.2) is 4.79 Å². The highest BCUT2D eigenvalue weighted by Gasteiger charge is 2.45. The van der Waals surface area contributed by atoms with Gasteiger partial charge in [-0.05, 0) is 49.3 Å². The summed E-state index contributed by atoms with van der Waals surface area (Å²) in [7, 11) is 4.71. The normalized spacial score (nSPS) is 23.1. The second-order valence-electron chi connectivity index (χ2n) is 9.02. The van der Waals surface area contributed by atoms with Crippen molar-refractivity contribution < 1.29 is 14.6 Å². The predicted octanol–water partition coefficient (Wildman–Crippen LogP) is 2.50. The molecule has 2 heterocycles. The van der Waals surface area contributed by atoms with E-state index in [2.05, 4.69) is 4.98 Å². The van der Waals surface area contributed by atoms with Crippen LogP contribution in [0.1, 0.15) is 31.2 Å². The summed E-state index contributed by atoms with van der Waals surface area (Å²) in [6.07, 6.45) is 1.12. The lowest BCUT2D eigenvalue weighted by molar-refractivity contribution is -0.147. The number of aromatic nitrogens is 2. The maximum absolute atomic E-state index is 12.8. The van der Waals surface area contributed by atoms with Crippen LogP contribution in [0.5, 0.6) is 0 Å². The van der Waals surface area contributed by atoms with Gasteiger partial charge in [-0.1, -0.05) is 29.3 Å². The number of halogens is 2. The quantitative estimate of drug-likeness (QED) is 0.594. The van der Waals surface area contributed by atoms with Crippen molar-refractivity contribution in [3.63, 3.8) is 0 Å². The Kier molecular flexibility index (Phi) is 6.98. The SMILES string of the molecule is COC(=O)C1CCC(C(O)C2N(C)c3c(n(C)c(=O)[nH]c3=O)N2Cc2ccc(Cl)c(Cl)c2)CC1. The lowest BCUT2D eigenvalue weighted by Gasteiger charge is -2.39. The number of rotatable bonds is 5. The largest absolute Gasteiger partial charge is 0.469 e. The van der Waals surface area contributed by atoms with Gasteiger partial charge in [-0.15, -0.1) is 0 Å². The van der Waals surface area contributed by atoms with Crippen LogP contribution in [0.15, 0.2) is 27.8 Å². The topological polar surface area (TPSA) is 108 Å². The summed E-state index contributed by atoms with van der Waals surface area (Å²) in [4.78, 5) is 43.1. The number of nitrogens with zero attached hydrogens (tertiary/aromatic N) is 3. The number of nitrogens with one attached hydrogen (secondary N) is 1. The Labute approximate surface area is 206 Å². The van der Waals surface area contributed by atoms with Gasteiger partial charge in [0.1, 0.15) is 17.7 Å². The number of benzene rings is 1. The van der Waals surface area contributed by atoms with Crippen LogP contribution in [-0.2, 0) is 23.1 Å². The Morgan fingerprint density at radius 2 is 1.85 bits per heavy atom. The van der Waals surface area contributed by atoms with Crippen LogP contribution in [0.3, 0.4) is 0 Å². The van der Waals surface area contributed by atoms with E-state index in [1.165, 1.54) is 11.7 Å². The molecule has 0 amide bonds. The van der Waals surface area contributed by atoms with E-state index in [0.717, 1.165) is 5.56 Å². The number of fused-ring (bicyclic) bond motifs is 1. The molecule has 1 aliphatic heterocycles. The fraction of sp³-hybridized carbons (Fsp3) is 0.522. The summed E-state index contributed by atoms with van der Waals surface area (Å²) in [6, 6.07) is 5.25. The minimum atomic E-state index is -0.840. The van der Waals surface area contributed by atoms with Crippen molar-refractivity contribution in [3.8, 4) is 0 Å². The molecular weight excluding hydrogens is 483 g/mol. The number of carbonyl (C=O) groups is 1. The van der Waals surface area contributed by atoms with Gasteiger partial charge < -0.3 is 19.6 Å². The van der Waals surface area contributed by atoms with Crippen LogP contribution < -0.4 is 21.0 Å². The summed E-state index contributed by atoms with van der Waals surface area (Å²) < 4.78 is 6.26. The molecule has 2 unspecified atom stereocenters. The molecule has 0 saturated heterocycles. The van der Waals surface area contributed by atoms with Crippen LogP contribution in [-0.4, -0.2) is 47.1 Å². The average molecular weight is 511 g/mol. The van der Waals surface area contributed by atoms with Gasteiger partial charge in [-0.3, -0.25) is 19.1 Å². The van der Waals surface area contributed by atoms with Crippen LogP contribution in [0.4, 0.5) is 11.5 Å². The van der Waals surface area contributed by atoms with E-state index in [0.29, 0.717) is 53.8 Å². The third-order valence-corrected chi connectivity index (χ3v) is 7.78. The van der Waals surface area contributed by atoms with Gasteiger partial charge in [0.15, 0.2) is 0 Å². The van der Waals surface area contributed by atoms with E-state index >= 15 is 0 Å². The Morgan fingerprint density at radius 1 is 1.18 bits per heavy atom. The molecule has 0 spiro atoms. The number of carbonyl (C=O) groups excluding carboxylic acids is 1. The van der Waals surface area contributed by atoms with Crippen LogP contribution >= 0.6 is 23.2 Å². The van der Waals surface area contributed by atoms with E-state index < -0.39 is 23.5 Å². The maximum Gasteiger partial charge on any atom is 0.329 e. The van der Waals surface area contributed by atoms with Crippen LogP contribution in [0.25, 0.3) is 0 Å². The fourth-order valence-corrected chi connectivity index (χ4v) is 5.55. The minimum Gasteiger partial charge on any atom is -0.469 e. The first-order valence-electron chi connectivity index (χ1n) is 11.2. The molecule has 1 aromatic heterocycles. The van der Waals surface area contributed by atoms with Gasteiger partial charge in [0, 0.05) is 20.6 Å². The molecule has 11 heteroatoms. The number of ether oxygens (including phenoxy) is 1. The second-order valence-corrected chi connectivity index (χ2v) is 9.83. The lowest BCUT2D eigenvalue weighted by Crippen LogP contribution is -2.53. The highest BCUT2D eigenvalue weighted by Crippen LogP contribution is 2.41. The highest BCUT2D eigenvalue weighted by molar-refractivity contribution is 6.42. The number of aromatic amines is 1. The van der Waals surface area contributed by atoms with Gasteiger partial charge in [0.2, 0.25) is 0 Å². The van der Waals surface area contributed by atoms with Crippen molar-refractivity contribution in [2.24, 2.45) is 18.9 Å². The number of H-pyrrole nitrogens is 1. The highest BCUT2D eigenvalue weighted by atomic mass is 35.5. The molecule has 2 aliphatic rings. The van der Waals surface area contributed by atoms with E-state index in [-0.39, 0.29) is 17.8 Å². The zero-order valence-electron chi connectivity index (χ0n) is 19.3. The van der Waals surface area contributed by atoms with Crippen LogP contribution in [0, 0.1) is 11.8 Å². The molecule has 2 atom stereocenters. The number of aliphatic hydroxyl groups excluding tert-OH is 1. The third kappa shape index (κ3) is 4.32. The second kappa shape index (κ2) is 9.64. The van der Waals surface area contributed by atoms with Crippen molar-refractivity contribution in [2.45, 2.75) is 44.5 Å². The molecule has 1 aliphatic carbocycles. The first-order valence-corrected chi connectivity index (χ1v) is 11.9. The molecule has 2 N–H and O–H groups in total. The summed E-state index contributed by atoms with van der Waals surface area (Å²) >= 11 is 12.3. The monoisotopic (exact) mass is 510 g/mol. The van der Waals surface area contributed by atoms with E-state index in [1.807, 2.05) is 11.0 Å². The van der Waals surface area contributed by atoms with Gasteiger partial charge in [0.25, 0.3) is 5.56 Å². The molecule has 9 nitrogen and oxygen atoms in total. The third-order valence-electron chi connectivity index (χ3n) is 7.04. The minimum absolute atomic E-state index is 0.0879.